The van der Waals surface area contributed by atoms with Gasteiger partial charge in [0.05, 0.1) is 11.2 Å². The van der Waals surface area contributed by atoms with E-state index in [4.69, 9.17) is 14.3 Å². The van der Waals surface area contributed by atoms with Crippen molar-refractivity contribution in [1.82, 2.24) is 4.90 Å². The van der Waals surface area contributed by atoms with Gasteiger partial charge in [-0.3, -0.25) is 4.90 Å². The fraction of sp³-hybridized carbons (Fsp3) is 0.737. The summed E-state index contributed by atoms with van der Waals surface area (Å²) in [6, 6.07) is 1.67. The van der Waals surface area contributed by atoms with Crippen LogP contribution >= 0.6 is 0 Å². The molecule has 1 aromatic heterocycles. The Morgan fingerprint density at radius 3 is 2.75 bits per heavy atom. The second-order valence-electron chi connectivity index (χ2n) is 8.65. The van der Waals surface area contributed by atoms with Crippen LogP contribution in [0.2, 0.25) is 0 Å². The maximum atomic E-state index is 11.1. The second kappa shape index (κ2) is 5.33. The highest BCUT2D eigenvalue weighted by molar-refractivity contribution is 5.84. The first kappa shape index (κ1) is 16.2. The molecule has 0 amide bonds. The normalized spacial score (nSPS) is 35.0. The van der Waals surface area contributed by atoms with Crippen molar-refractivity contribution in [2.45, 2.75) is 64.2 Å². The molecule has 3 fully saturated rings. The molecular formula is C19H27NO4. The van der Waals surface area contributed by atoms with Crippen LogP contribution < -0.4 is 0 Å². The van der Waals surface area contributed by atoms with E-state index in [0.717, 1.165) is 31.1 Å². The Kier molecular flexibility index (Phi) is 3.59. The topological polar surface area (TPSA) is 62.9 Å². The Balaban J connectivity index is 1.56. The van der Waals surface area contributed by atoms with Gasteiger partial charge in [0, 0.05) is 25.2 Å². The number of hydrogen-bond donors (Lipinski definition) is 1. The van der Waals surface area contributed by atoms with E-state index in [1.165, 1.54) is 25.7 Å². The number of aryl methyl sites for hydroxylation is 1. The van der Waals surface area contributed by atoms with E-state index < -0.39 is 5.97 Å². The molecule has 2 bridgehead atoms. The van der Waals surface area contributed by atoms with Crippen molar-refractivity contribution >= 4 is 5.97 Å². The highest BCUT2D eigenvalue weighted by Crippen LogP contribution is 2.55. The number of ether oxygens (including phenoxy) is 1. The van der Waals surface area contributed by atoms with Crippen LogP contribution in [0.5, 0.6) is 0 Å². The number of furan rings is 1. The van der Waals surface area contributed by atoms with Crippen LogP contribution in [-0.4, -0.2) is 40.3 Å². The number of morpholine rings is 1. The van der Waals surface area contributed by atoms with Crippen LogP contribution in [0.25, 0.3) is 0 Å². The van der Waals surface area contributed by atoms with E-state index >= 15 is 0 Å². The van der Waals surface area contributed by atoms with E-state index in [9.17, 15) is 4.79 Å². The number of fused-ring (bicyclic) bond motifs is 3. The zero-order valence-corrected chi connectivity index (χ0v) is 14.8. The van der Waals surface area contributed by atoms with E-state index in [0.29, 0.717) is 11.7 Å². The summed E-state index contributed by atoms with van der Waals surface area (Å²) in [6.45, 7) is 8.74. The van der Waals surface area contributed by atoms with Gasteiger partial charge >= 0.3 is 5.97 Å². The van der Waals surface area contributed by atoms with Crippen molar-refractivity contribution < 1.29 is 19.1 Å². The first-order valence-corrected chi connectivity index (χ1v) is 9.01. The standard InChI is InChI=1S/C19H27NO4/c1-12-14(7-16(23-12)17(21)22)9-20-10-18(2,3)24-19(11-20)8-13-4-5-15(19)6-13/h7,13,15H,4-6,8-11H2,1-3H3,(H,21,22)/t13-,15+,19+/m1/s1. The Labute approximate surface area is 143 Å². The average molecular weight is 333 g/mol. The third kappa shape index (κ3) is 2.68. The zero-order chi connectivity index (χ0) is 17.1. The monoisotopic (exact) mass is 333 g/mol. The van der Waals surface area contributed by atoms with Gasteiger partial charge in [-0.15, -0.1) is 0 Å². The number of nitrogens with zero attached hydrogens (tertiary/aromatic N) is 1. The molecule has 1 aliphatic heterocycles. The van der Waals surface area contributed by atoms with Gasteiger partial charge in [0.15, 0.2) is 0 Å². The van der Waals surface area contributed by atoms with Gasteiger partial charge < -0.3 is 14.3 Å². The summed E-state index contributed by atoms with van der Waals surface area (Å²) >= 11 is 0. The fourth-order valence-electron chi connectivity index (χ4n) is 5.43. The number of rotatable bonds is 3. The third-order valence-corrected chi connectivity index (χ3v) is 6.12. The number of hydrogen-bond acceptors (Lipinski definition) is 4. The van der Waals surface area contributed by atoms with E-state index in [2.05, 4.69) is 18.7 Å². The molecule has 24 heavy (non-hydrogen) atoms. The van der Waals surface area contributed by atoms with Gasteiger partial charge in [0.2, 0.25) is 5.76 Å². The number of carboxylic acid groups (broad SMARTS) is 1. The van der Waals surface area contributed by atoms with Crippen LogP contribution in [0.15, 0.2) is 10.5 Å². The van der Waals surface area contributed by atoms with Gasteiger partial charge in [-0.1, -0.05) is 0 Å². The van der Waals surface area contributed by atoms with Crippen molar-refractivity contribution in [3.05, 3.63) is 23.2 Å². The first-order valence-electron chi connectivity index (χ1n) is 9.01. The third-order valence-electron chi connectivity index (χ3n) is 6.12. The van der Waals surface area contributed by atoms with Crippen LogP contribution in [-0.2, 0) is 11.3 Å². The van der Waals surface area contributed by atoms with Crippen molar-refractivity contribution in [2.24, 2.45) is 11.8 Å². The summed E-state index contributed by atoms with van der Waals surface area (Å²) in [5, 5.41) is 9.12. The molecule has 1 N–H and O–H groups in total. The van der Waals surface area contributed by atoms with Crippen LogP contribution in [0.3, 0.4) is 0 Å². The molecule has 2 saturated carbocycles. The second-order valence-corrected chi connectivity index (χ2v) is 8.65. The molecule has 4 rings (SSSR count). The Hall–Kier alpha value is -1.33. The molecule has 1 aromatic rings. The largest absolute Gasteiger partial charge is 0.475 e. The van der Waals surface area contributed by atoms with Crippen molar-refractivity contribution in [3.8, 4) is 0 Å². The quantitative estimate of drug-likeness (QED) is 0.918. The minimum absolute atomic E-state index is 0.00205. The Bertz CT molecular complexity index is 664. The number of carbonyl (C=O) groups is 1. The molecule has 1 saturated heterocycles. The molecule has 0 aromatic carbocycles. The summed E-state index contributed by atoms with van der Waals surface area (Å²) in [7, 11) is 0. The van der Waals surface area contributed by atoms with Crippen LogP contribution in [0.4, 0.5) is 0 Å². The molecule has 2 aliphatic carbocycles. The van der Waals surface area contributed by atoms with Gasteiger partial charge in [0.1, 0.15) is 5.76 Å². The number of carboxylic acids is 1. The van der Waals surface area contributed by atoms with E-state index in [-0.39, 0.29) is 17.0 Å². The molecule has 0 unspecified atom stereocenters. The molecule has 0 radical (unpaired) electrons. The van der Waals surface area contributed by atoms with Crippen molar-refractivity contribution in [3.63, 3.8) is 0 Å². The molecule has 1 spiro atoms. The maximum absolute atomic E-state index is 11.1. The minimum Gasteiger partial charge on any atom is -0.475 e. The lowest BCUT2D eigenvalue weighted by molar-refractivity contribution is -0.218. The minimum atomic E-state index is -1.00. The van der Waals surface area contributed by atoms with Crippen LogP contribution in [0, 0.1) is 18.8 Å². The molecular weight excluding hydrogens is 306 g/mol. The molecule has 5 heteroatoms. The Morgan fingerprint density at radius 1 is 1.38 bits per heavy atom. The summed E-state index contributed by atoms with van der Waals surface area (Å²) in [6.07, 6.45) is 5.15. The van der Waals surface area contributed by atoms with Crippen LogP contribution in [0.1, 0.15) is 61.4 Å². The highest BCUT2D eigenvalue weighted by Gasteiger charge is 2.56. The van der Waals surface area contributed by atoms with Crippen molar-refractivity contribution in [1.29, 1.82) is 0 Å². The Morgan fingerprint density at radius 2 is 2.17 bits per heavy atom. The lowest BCUT2D eigenvalue weighted by Crippen LogP contribution is -2.61. The summed E-state index contributed by atoms with van der Waals surface area (Å²) < 4.78 is 12.0. The van der Waals surface area contributed by atoms with E-state index in [1.54, 1.807) is 6.07 Å². The van der Waals surface area contributed by atoms with Gasteiger partial charge in [-0.05, 0) is 64.4 Å². The summed E-state index contributed by atoms with van der Waals surface area (Å²) in [4.78, 5) is 13.6. The predicted octanol–water partition coefficient (Wildman–Crippen LogP) is 3.46. The zero-order valence-electron chi connectivity index (χ0n) is 14.8. The lowest BCUT2D eigenvalue weighted by Gasteiger charge is -2.52. The maximum Gasteiger partial charge on any atom is 0.371 e. The average Bonchev–Trinajstić information content (AvgIpc) is 3.12. The van der Waals surface area contributed by atoms with Gasteiger partial charge in [-0.2, -0.15) is 0 Å². The molecule has 5 nitrogen and oxygen atoms in total. The highest BCUT2D eigenvalue weighted by atomic mass is 16.5. The first-order chi connectivity index (χ1) is 11.3. The van der Waals surface area contributed by atoms with Gasteiger partial charge in [-0.25, -0.2) is 4.79 Å². The number of aromatic carboxylic acids is 1. The molecule has 132 valence electrons. The molecule has 3 aliphatic rings. The molecule has 2 heterocycles. The fourth-order valence-corrected chi connectivity index (χ4v) is 5.43. The van der Waals surface area contributed by atoms with E-state index in [1.807, 2.05) is 6.92 Å². The summed E-state index contributed by atoms with van der Waals surface area (Å²) in [5.74, 6) is 1.25. The lowest BCUT2D eigenvalue weighted by atomic mass is 9.81. The van der Waals surface area contributed by atoms with Gasteiger partial charge in [0.25, 0.3) is 0 Å². The van der Waals surface area contributed by atoms with Crippen molar-refractivity contribution in [2.75, 3.05) is 13.1 Å². The summed E-state index contributed by atoms with van der Waals surface area (Å²) in [5.41, 5.74) is 0.803. The smallest absolute Gasteiger partial charge is 0.371 e. The SMILES string of the molecule is Cc1oc(C(=O)O)cc1CN1CC(C)(C)O[C@@]2(C[C@@H]3CC[C@H]2C3)C1. The molecule has 3 atom stereocenters. The predicted molar refractivity (Wildman–Crippen MR) is 89.0 cm³/mol.